The van der Waals surface area contributed by atoms with Crippen LogP contribution < -0.4 is 14.9 Å². The van der Waals surface area contributed by atoms with Crippen molar-refractivity contribution in [1.82, 2.24) is 9.91 Å². The van der Waals surface area contributed by atoms with E-state index in [9.17, 15) is 24.3 Å². The van der Waals surface area contributed by atoms with Crippen molar-refractivity contribution in [2.24, 2.45) is 23.7 Å². The standard InChI is InChI=1S/C41H43N3O9/c1-23-13-15-26(16-14-23)42-44-38(49)30-22-29-27(17-18-28-34(29)39(50)43(37(28)48)19-9-5-8-12-33(45)46)35(24-20-31(52-2)36(47)32(21-24)53-3)41(30,40(44)51)25-10-6-4-7-11-25/h4,6-7,10-11,13-17,20-21,28-30,34-35,42,47H,5,8-9,12,18-19,22H2,1-3H3,(H,45,46). The molecule has 3 fully saturated rings. The van der Waals surface area contributed by atoms with Gasteiger partial charge in [0.15, 0.2) is 11.5 Å². The molecule has 4 amide bonds. The number of likely N-dealkylation sites (tertiary alicyclic amines) is 1. The number of unbranched alkanes of at least 4 members (excludes halogenated alkanes) is 2. The lowest BCUT2D eigenvalue weighted by molar-refractivity contribution is -0.141. The second-order valence-electron chi connectivity index (χ2n) is 14.4. The number of aliphatic carboxylic acids is 1. The van der Waals surface area contributed by atoms with Crippen molar-refractivity contribution >= 4 is 35.3 Å². The number of hydrogen-bond donors (Lipinski definition) is 3. The highest BCUT2D eigenvalue weighted by atomic mass is 16.5. The van der Waals surface area contributed by atoms with Gasteiger partial charge in [-0.25, -0.2) is 0 Å². The molecule has 2 saturated heterocycles. The first-order valence-electron chi connectivity index (χ1n) is 18.0. The number of hydrogen-bond acceptors (Lipinski definition) is 9. The molecule has 1 saturated carbocycles. The summed E-state index contributed by atoms with van der Waals surface area (Å²) in [5.74, 6) is -6.09. The summed E-state index contributed by atoms with van der Waals surface area (Å²) < 4.78 is 11.2. The fourth-order valence-corrected chi connectivity index (χ4v) is 9.21. The number of nitrogens with one attached hydrogen (secondary N) is 1. The van der Waals surface area contributed by atoms with Crippen molar-refractivity contribution in [3.8, 4) is 17.2 Å². The molecule has 0 aromatic heterocycles. The maximum absolute atomic E-state index is 15.3. The maximum Gasteiger partial charge on any atom is 0.303 e. The molecule has 0 bridgehead atoms. The van der Waals surface area contributed by atoms with E-state index in [0.717, 1.165) is 16.1 Å². The number of nitrogens with zero attached hydrogens (tertiary/aromatic N) is 2. The van der Waals surface area contributed by atoms with Crippen LogP contribution in [0.2, 0.25) is 0 Å². The number of hydrazine groups is 1. The average Bonchev–Trinajstić information content (AvgIpc) is 3.53. The minimum absolute atomic E-state index is 0.0177. The molecule has 2 aliphatic carbocycles. The lowest BCUT2D eigenvalue weighted by Gasteiger charge is -2.50. The summed E-state index contributed by atoms with van der Waals surface area (Å²) in [6.45, 7) is 2.13. The molecule has 4 aliphatic rings. The lowest BCUT2D eigenvalue weighted by atomic mass is 9.49. The molecule has 53 heavy (non-hydrogen) atoms. The van der Waals surface area contributed by atoms with E-state index in [0.29, 0.717) is 36.1 Å². The topological polar surface area (TPSA) is 163 Å². The van der Waals surface area contributed by atoms with Crippen LogP contribution in [-0.4, -0.2) is 70.5 Å². The Hall–Kier alpha value is -5.65. The first-order chi connectivity index (χ1) is 25.5. The Balaban J connectivity index is 1.37. The number of fused-ring (bicyclic) bond motifs is 4. The number of carboxylic acids is 1. The normalized spacial score (nSPS) is 26.2. The summed E-state index contributed by atoms with van der Waals surface area (Å²) >= 11 is 0. The highest BCUT2D eigenvalue weighted by Crippen LogP contribution is 2.64. The number of aryl methyl sites for hydroxylation is 1. The zero-order valence-electron chi connectivity index (χ0n) is 29.9. The molecular formula is C41H43N3O9. The largest absolute Gasteiger partial charge is 0.502 e. The number of phenolic OH excluding ortho intramolecular Hbond substituents is 1. The molecule has 12 heteroatoms. The van der Waals surface area contributed by atoms with E-state index in [1.807, 2.05) is 55.5 Å². The molecule has 7 rings (SSSR count). The Bertz CT molecular complexity index is 1970. The van der Waals surface area contributed by atoms with Gasteiger partial charge in [-0.1, -0.05) is 66.1 Å². The molecule has 2 aliphatic heterocycles. The van der Waals surface area contributed by atoms with Gasteiger partial charge in [-0.3, -0.25) is 34.3 Å². The third-order valence-corrected chi connectivity index (χ3v) is 11.6. The molecule has 2 heterocycles. The second kappa shape index (κ2) is 14.1. The molecular weight excluding hydrogens is 678 g/mol. The number of anilines is 1. The molecule has 6 unspecified atom stereocenters. The van der Waals surface area contributed by atoms with E-state index < -0.39 is 52.8 Å². The Labute approximate surface area is 307 Å². The summed E-state index contributed by atoms with van der Waals surface area (Å²) in [7, 11) is 2.83. The molecule has 3 N–H and O–H groups in total. The Morgan fingerprint density at radius 3 is 2.21 bits per heavy atom. The van der Waals surface area contributed by atoms with Gasteiger partial charge in [0.2, 0.25) is 17.6 Å². The van der Waals surface area contributed by atoms with Gasteiger partial charge in [-0.15, -0.1) is 0 Å². The number of phenols is 1. The van der Waals surface area contributed by atoms with Crippen molar-refractivity contribution < 1.29 is 43.7 Å². The second-order valence-corrected chi connectivity index (χ2v) is 14.4. The fourth-order valence-electron chi connectivity index (χ4n) is 9.21. The third-order valence-electron chi connectivity index (χ3n) is 11.6. The molecule has 0 radical (unpaired) electrons. The van der Waals surface area contributed by atoms with E-state index in [2.05, 4.69) is 5.43 Å². The molecule has 12 nitrogen and oxygen atoms in total. The van der Waals surface area contributed by atoms with Crippen LogP contribution in [0.25, 0.3) is 0 Å². The molecule has 6 atom stereocenters. The minimum Gasteiger partial charge on any atom is -0.502 e. The van der Waals surface area contributed by atoms with Gasteiger partial charge in [0, 0.05) is 18.9 Å². The zero-order valence-corrected chi connectivity index (χ0v) is 29.9. The van der Waals surface area contributed by atoms with Crippen LogP contribution in [0.15, 0.2) is 78.4 Å². The Kier molecular flexibility index (Phi) is 9.48. The van der Waals surface area contributed by atoms with Crippen molar-refractivity contribution in [2.45, 2.75) is 56.8 Å². The van der Waals surface area contributed by atoms with E-state index in [-0.39, 0.29) is 54.9 Å². The monoisotopic (exact) mass is 721 g/mol. The number of allylic oxidation sites excluding steroid dienone is 2. The predicted molar refractivity (Wildman–Crippen MR) is 193 cm³/mol. The number of methoxy groups -OCH3 is 2. The Morgan fingerprint density at radius 2 is 1.57 bits per heavy atom. The zero-order chi connectivity index (χ0) is 37.6. The molecule has 276 valence electrons. The first kappa shape index (κ1) is 35.7. The van der Waals surface area contributed by atoms with Gasteiger partial charge in [0.1, 0.15) is 0 Å². The third kappa shape index (κ3) is 5.80. The highest BCUT2D eigenvalue weighted by Gasteiger charge is 2.70. The van der Waals surface area contributed by atoms with E-state index in [4.69, 9.17) is 14.6 Å². The van der Waals surface area contributed by atoms with Crippen molar-refractivity contribution in [3.05, 3.63) is 95.1 Å². The van der Waals surface area contributed by atoms with Gasteiger partial charge in [0.25, 0.3) is 11.8 Å². The van der Waals surface area contributed by atoms with Crippen LogP contribution in [0.4, 0.5) is 5.69 Å². The number of rotatable bonds is 12. The van der Waals surface area contributed by atoms with Crippen LogP contribution >= 0.6 is 0 Å². The number of carboxylic acid groups (broad SMARTS) is 1. The predicted octanol–water partition coefficient (Wildman–Crippen LogP) is 5.35. The van der Waals surface area contributed by atoms with E-state index >= 15 is 4.79 Å². The average molecular weight is 722 g/mol. The summed E-state index contributed by atoms with van der Waals surface area (Å²) in [6, 6.07) is 19.8. The van der Waals surface area contributed by atoms with E-state index in [1.165, 1.54) is 19.1 Å². The number of amides is 4. The first-order valence-corrected chi connectivity index (χ1v) is 18.0. The van der Waals surface area contributed by atoms with Gasteiger partial charge in [-0.2, -0.15) is 5.01 Å². The van der Waals surface area contributed by atoms with Gasteiger partial charge < -0.3 is 19.7 Å². The van der Waals surface area contributed by atoms with Gasteiger partial charge in [0.05, 0.1) is 43.1 Å². The van der Waals surface area contributed by atoms with Crippen LogP contribution in [-0.2, 0) is 29.4 Å². The number of carbonyl (C=O) groups is 5. The number of carbonyl (C=O) groups excluding carboxylic acids is 4. The summed E-state index contributed by atoms with van der Waals surface area (Å²) in [4.78, 5) is 70.6. The number of benzene rings is 3. The number of imide groups is 2. The summed E-state index contributed by atoms with van der Waals surface area (Å²) in [6.07, 6.45) is 3.88. The van der Waals surface area contributed by atoms with Crippen molar-refractivity contribution in [1.29, 1.82) is 0 Å². The molecule has 3 aromatic rings. The van der Waals surface area contributed by atoms with Crippen LogP contribution in [0.1, 0.15) is 61.1 Å². The summed E-state index contributed by atoms with van der Waals surface area (Å²) in [5.41, 5.74) is 5.09. The smallest absolute Gasteiger partial charge is 0.303 e. The van der Waals surface area contributed by atoms with E-state index in [1.54, 1.807) is 24.3 Å². The fraction of sp³-hybridized carbons (Fsp3) is 0.390. The molecule has 3 aromatic carbocycles. The van der Waals surface area contributed by atoms with Crippen molar-refractivity contribution in [3.63, 3.8) is 0 Å². The van der Waals surface area contributed by atoms with Crippen LogP contribution in [0.3, 0.4) is 0 Å². The SMILES string of the molecule is COc1cc(C2C3=CCC4C(=O)N(CCCCCC(=O)O)C(=O)C4C3CC3C(=O)N(Nc4ccc(C)cc4)C(=O)C32c2ccccc2)cc(OC)c1O. The van der Waals surface area contributed by atoms with Gasteiger partial charge >= 0.3 is 5.97 Å². The number of aromatic hydroxyl groups is 1. The maximum atomic E-state index is 15.3. The van der Waals surface area contributed by atoms with Crippen molar-refractivity contribution in [2.75, 3.05) is 26.2 Å². The highest BCUT2D eigenvalue weighted by molar-refractivity contribution is 6.13. The lowest BCUT2D eigenvalue weighted by Crippen LogP contribution is -2.53. The number of ether oxygens (including phenoxy) is 2. The van der Waals surface area contributed by atoms with Gasteiger partial charge in [-0.05, 0) is 73.9 Å². The minimum atomic E-state index is -1.49. The van der Waals surface area contributed by atoms with Crippen LogP contribution in [0.5, 0.6) is 17.2 Å². The summed E-state index contributed by atoms with van der Waals surface area (Å²) in [5, 5.41) is 21.1. The quantitative estimate of drug-likeness (QED) is 0.126. The van der Waals surface area contributed by atoms with Crippen LogP contribution in [0, 0.1) is 30.6 Å². The Morgan fingerprint density at radius 1 is 0.887 bits per heavy atom. The molecule has 0 spiro atoms.